The molecule has 0 saturated carbocycles. The number of aliphatic carboxylic acids is 1. The summed E-state index contributed by atoms with van der Waals surface area (Å²) in [4.78, 5) is 24.1. The van der Waals surface area contributed by atoms with Crippen molar-refractivity contribution in [1.29, 1.82) is 0 Å². The van der Waals surface area contributed by atoms with Gasteiger partial charge in [0, 0.05) is 46.6 Å². The number of carboxylic acid groups (broad SMARTS) is 1. The van der Waals surface area contributed by atoms with Gasteiger partial charge < -0.3 is 9.67 Å². The first kappa shape index (κ1) is 21.5. The van der Waals surface area contributed by atoms with Crippen molar-refractivity contribution < 1.29 is 14.7 Å². The van der Waals surface area contributed by atoms with Crippen LogP contribution in [0.15, 0.2) is 18.2 Å². The molecule has 0 radical (unpaired) electrons. The molecule has 5 heteroatoms. The van der Waals surface area contributed by atoms with Crippen molar-refractivity contribution in [2.45, 2.75) is 72.3 Å². The molecule has 4 nitrogen and oxygen atoms in total. The number of hydrogen-bond donors (Lipinski definition) is 1. The molecule has 1 aromatic carbocycles. The summed E-state index contributed by atoms with van der Waals surface area (Å²) in [6.07, 6.45) is 5.65. The number of fused-ring (bicyclic) bond motifs is 1. The lowest BCUT2D eigenvalue weighted by molar-refractivity contribution is -0.137. The normalized spacial score (nSPS) is 12.4. The zero-order valence-corrected chi connectivity index (χ0v) is 17.3. The zero-order chi connectivity index (χ0) is 20.0. The number of ketones is 1. The van der Waals surface area contributed by atoms with Crippen molar-refractivity contribution >= 4 is 34.3 Å². The number of aryl methyl sites for hydroxylation is 1. The molecular formula is C22H30ClNO3. The number of nitrogens with zero attached hydrogens (tertiary/aromatic N) is 1. The van der Waals surface area contributed by atoms with Gasteiger partial charge in [-0.25, -0.2) is 0 Å². The van der Waals surface area contributed by atoms with E-state index in [1.165, 1.54) is 12.8 Å². The SMILES string of the molecule is CCCCCCc1c(C(=O)CC(C)CC(=O)O)c2cc(Cl)ccc2n1CC. The molecule has 0 spiro atoms. The number of carbonyl (C=O) groups excluding carboxylic acids is 1. The van der Waals surface area contributed by atoms with E-state index in [-0.39, 0.29) is 24.5 Å². The number of rotatable bonds is 11. The number of hydrogen-bond acceptors (Lipinski definition) is 2. The third kappa shape index (κ3) is 5.35. The largest absolute Gasteiger partial charge is 0.481 e. The van der Waals surface area contributed by atoms with Crippen LogP contribution in [0.1, 0.15) is 75.3 Å². The topological polar surface area (TPSA) is 59.3 Å². The Hall–Kier alpha value is -1.81. The number of Topliss-reactive ketones (excluding diaryl/α,β-unsaturated/α-hetero) is 1. The minimum absolute atomic E-state index is 0.00471. The molecule has 0 aliphatic rings. The maximum Gasteiger partial charge on any atom is 0.303 e. The molecular weight excluding hydrogens is 362 g/mol. The van der Waals surface area contributed by atoms with Crippen LogP contribution in [-0.4, -0.2) is 21.4 Å². The number of aromatic nitrogens is 1. The van der Waals surface area contributed by atoms with Gasteiger partial charge in [-0.1, -0.05) is 44.7 Å². The molecule has 27 heavy (non-hydrogen) atoms. The van der Waals surface area contributed by atoms with Crippen LogP contribution in [-0.2, 0) is 17.8 Å². The fourth-order valence-electron chi connectivity index (χ4n) is 3.82. The van der Waals surface area contributed by atoms with Crippen LogP contribution in [0.25, 0.3) is 10.9 Å². The predicted octanol–water partition coefficient (Wildman–Crippen LogP) is 6.12. The standard InChI is InChI=1S/C22H30ClNO3/c1-4-6-7-8-9-19-22(20(25)12-15(3)13-21(26)27)17-14-16(23)10-11-18(17)24(19)5-2/h10-11,14-15H,4-9,12-13H2,1-3H3,(H,26,27). The van der Waals surface area contributed by atoms with Crippen molar-refractivity contribution in [1.82, 2.24) is 4.57 Å². The van der Waals surface area contributed by atoms with Crippen LogP contribution >= 0.6 is 11.6 Å². The third-order valence-corrected chi connectivity index (χ3v) is 5.29. The van der Waals surface area contributed by atoms with Gasteiger partial charge in [0.25, 0.3) is 0 Å². The smallest absolute Gasteiger partial charge is 0.303 e. The van der Waals surface area contributed by atoms with Crippen molar-refractivity contribution in [2.24, 2.45) is 5.92 Å². The Morgan fingerprint density at radius 1 is 1.15 bits per heavy atom. The van der Waals surface area contributed by atoms with Crippen molar-refractivity contribution in [3.8, 4) is 0 Å². The van der Waals surface area contributed by atoms with Crippen LogP contribution < -0.4 is 0 Å². The summed E-state index contributed by atoms with van der Waals surface area (Å²) in [5.41, 5.74) is 2.84. The lowest BCUT2D eigenvalue weighted by atomic mass is 9.94. The lowest BCUT2D eigenvalue weighted by Crippen LogP contribution is -2.12. The third-order valence-electron chi connectivity index (χ3n) is 5.05. The molecule has 1 N–H and O–H groups in total. The van der Waals surface area contributed by atoms with Gasteiger partial charge >= 0.3 is 5.97 Å². The summed E-state index contributed by atoms with van der Waals surface area (Å²) < 4.78 is 2.21. The van der Waals surface area contributed by atoms with E-state index in [9.17, 15) is 9.59 Å². The number of halogens is 1. The van der Waals surface area contributed by atoms with E-state index in [0.29, 0.717) is 5.02 Å². The fraction of sp³-hybridized carbons (Fsp3) is 0.545. The molecule has 1 atom stereocenters. The average molecular weight is 392 g/mol. The fourth-order valence-corrected chi connectivity index (χ4v) is 3.99. The van der Waals surface area contributed by atoms with E-state index >= 15 is 0 Å². The number of carboxylic acids is 1. The Morgan fingerprint density at radius 3 is 2.52 bits per heavy atom. The van der Waals surface area contributed by atoms with Gasteiger partial charge in [-0.15, -0.1) is 0 Å². The minimum Gasteiger partial charge on any atom is -0.481 e. The molecule has 0 saturated heterocycles. The molecule has 2 aromatic rings. The van der Waals surface area contributed by atoms with E-state index in [1.54, 1.807) is 0 Å². The summed E-state index contributed by atoms with van der Waals surface area (Å²) in [6, 6.07) is 5.71. The first-order valence-corrected chi connectivity index (χ1v) is 10.3. The summed E-state index contributed by atoms with van der Waals surface area (Å²) in [7, 11) is 0. The number of benzene rings is 1. The maximum atomic E-state index is 13.2. The lowest BCUT2D eigenvalue weighted by Gasteiger charge is -2.12. The Bertz CT molecular complexity index is 809. The molecule has 0 bridgehead atoms. The minimum atomic E-state index is -0.867. The van der Waals surface area contributed by atoms with Gasteiger partial charge in [-0.2, -0.15) is 0 Å². The number of carbonyl (C=O) groups is 2. The van der Waals surface area contributed by atoms with Gasteiger partial charge in [0.05, 0.1) is 0 Å². The van der Waals surface area contributed by atoms with Gasteiger partial charge in [-0.3, -0.25) is 9.59 Å². The molecule has 0 fully saturated rings. The maximum absolute atomic E-state index is 13.2. The molecule has 0 aliphatic heterocycles. The van der Waals surface area contributed by atoms with Crippen molar-refractivity contribution in [3.05, 3.63) is 34.5 Å². The summed E-state index contributed by atoms with van der Waals surface area (Å²) in [5.74, 6) is -1.04. The van der Waals surface area contributed by atoms with E-state index < -0.39 is 5.97 Å². The van der Waals surface area contributed by atoms with Gasteiger partial charge in [-0.05, 0) is 43.9 Å². The Labute approximate surface area is 166 Å². The molecule has 1 unspecified atom stereocenters. The molecule has 148 valence electrons. The van der Waals surface area contributed by atoms with Crippen molar-refractivity contribution in [2.75, 3.05) is 0 Å². The second-order valence-corrected chi connectivity index (χ2v) is 7.80. The van der Waals surface area contributed by atoms with Gasteiger partial charge in [0.1, 0.15) is 0 Å². The van der Waals surface area contributed by atoms with E-state index in [1.807, 2.05) is 25.1 Å². The van der Waals surface area contributed by atoms with Crippen LogP contribution in [0.5, 0.6) is 0 Å². The number of unbranched alkanes of at least 4 members (excludes halogenated alkanes) is 3. The highest BCUT2D eigenvalue weighted by Crippen LogP contribution is 2.32. The summed E-state index contributed by atoms with van der Waals surface area (Å²) >= 11 is 6.22. The van der Waals surface area contributed by atoms with Crippen LogP contribution in [0.3, 0.4) is 0 Å². The van der Waals surface area contributed by atoms with Crippen LogP contribution in [0.2, 0.25) is 5.02 Å². The Kier molecular flexibility index (Phi) is 7.91. The van der Waals surface area contributed by atoms with E-state index in [2.05, 4.69) is 18.4 Å². The Morgan fingerprint density at radius 2 is 1.89 bits per heavy atom. The monoisotopic (exact) mass is 391 g/mol. The van der Waals surface area contributed by atoms with Gasteiger partial charge in [0.15, 0.2) is 5.78 Å². The predicted molar refractivity (Wildman–Crippen MR) is 111 cm³/mol. The molecule has 0 aliphatic carbocycles. The highest BCUT2D eigenvalue weighted by Gasteiger charge is 2.23. The summed E-state index contributed by atoms with van der Waals surface area (Å²) in [5, 5.41) is 10.5. The zero-order valence-electron chi connectivity index (χ0n) is 16.6. The molecule has 1 heterocycles. The first-order valence-electron chi connectivity index (χ1n) is 9.94. The van der Waals surface area contributed by atoms with Gasteiger partial charge in [0.2, 0.25) is 0 Å². The summed E-state index contributed by atoms with van der Waals surface area (Å²) in [6.45, 7) is 6.88. The van der Waals surface area contributed by atoms with E-state index in [4.69, 9.17) is 16.7 Å². The highest BCUT2D eigenvalue weighted by atomic mass is 35.5. The second kappa shape index (κ2) is 9.93. The van der Waals surface area contributed by atoms with E-state index in [0.717, 1.165) is 48.0 Å². The van der Waals surface area contributed by atoms with Crippen molar-refractivity contribution in [3.63, 3.8) is 0 Å². The molecule has 1 aromatic heterocycles. The molecule has 0 amide bonds. The quantitative estimate of drug-likeness (QED) is 0.370. The highest BCUT2D eigenvalue weighted by molar-refractivity contribution is 6.31. The van der Waals surface area contributed by atoms with Crippen LogP contribution in [0.4, 0.5) is 0 Å². The Balaban J connectivity index is 2.44. The average Bonchev–Trinajstić information content (AvgIpc) is 2.90. The second-order valence-electron chi connectivity index (χ2n) is 7.37. The first-order chi connectivity index (χ1) is 12.9. The van der Waals surface area contributed by atoms with Crippen LogP contribution in [0, 0.1) is 5.92 Å². The molecule has 2 rings (SSSR count).